The van der Waals surface area contributed by atoms with Crippen LogP contribution < -0.4 is 20.7 Å². The van der Waals surface area contributed by atoms with Crippen molar-refractivity contribution in [1.29, 1.82) is 0 Å². The molecule has 0 heterocycles. The molecule has 0 fully saturated rings. The quantitative estimate of drug-likeness (QED) is 0.396. The summed E-state index contributed by atoms with van der Waals surface area (Å²) >= 11 is 0. The summed E-state index contributed by atoms with van der Waals surface area (Å²) < 4.78 is 10.1. The highest BCUT2D eigenvalue weighted by molar-refractivity contribution is 5.53. The number of anilines is 1. The van der Waals surface area contributed by atoms with Gasteiger partial charge < -0.3 is 20.1 Å². The standard InChI is InChI=1S/C8H12N2O2.HNO3/c1-11-7-4-3-6(10-9)5-8(7)12-2;2-1(3)4/h3-5,10H,9H2,1-2H3;(H,2,3,4). The fraction of sp³-hybridized carbons (Fsp3) is 0.250. The van der Waals surface area contributed by atoms with Crippen LogP contribution in [0.25, 0.3) is 0 Å². The molecule has 0 saturated carbocycles. The van der Waals surface area contributed by atoms with E-state index in [1.54, 1.807) is 32.4 Å². The van der Waals surface area contributed by atoms with Crippen molar-refractivity contribution in [2.45, 2.75) is 0 Å². The minimum Gasteiger partial charge on any atom is -0.493 e. The molecule has 0 aliphatic rings. The molecule has 0 unspecified atom stereocenters. The molecule has 0 radical (unpaired) electrons. The van der Waals surface area contributed by atoms with Crippen LogP contribution in [0, 0.1) is 10.1 Å². The molecule has 1 rings (SSSR count). The van der Waals surface area contributed by atoms with Crippen molar-refractivity contribution in [1.82, 2.24) is 0 Å². The zero-order valence-corrected chi connectivity index (χ0v) is 8.84. The first-order chi connectivity index (χ1) is 7.54. The number of nitrogens with one attached hydrogen (secondary N) is 1. The van der Waals surface area contributed by atoms with Gasteiger partial charge in [0, 0.05) is 6.07 Å². The predicted molar refractivity (Wildman–Crippen MR) is 56.1 cm³/mol. The molecule has 4 N–H and O–H groups in total. The second-order valence-corrected chi connectivity index (χ2v) is 2.45. The molecular formula is C8H13N3O5. The summed E-state index contributed by atoms with van der Waals surface area (Å²) in [6.07, 6.45) is 0. The lowest BCUT2D eigenvalue weighted by molar-refractivity contribution is -0.742. The van der Waals surface area contributed by atoms with Crippen molar-refractivity contribution < 1.29 is 19.8 Å². The summed E-state index contributed by atoms with van der Waals surface area (Å²) in [7, 11) is 3.17. The highest BCUT2D eigenvalue weighted by Gasteiger charge is 2.02. The van der Waals surface area contributed by atoms with Gasteiger partial charge in [0.15, 0.2) is 11.5 Å². The Balaban J connectivity index is 0.000000487. The number of hydrazine groups is 1. The summed E-state index contributed by atoms with van der Waals surface area (Å²) in [5.41, 5.74) is 3.30. The first-order valence-electron chi connectivity index (χ1n) is 4.07. The molecule has 1 aromatic carbocycles. The molecular weight excluding hydrogens is 218 g/mol. The second-order valence-electron chi connectivity index (χ2n) is 2.45. The molecule has 1 aromatic rings. The highest BCUT2D eigenvalue weighted by atomic mass is 16.9. The van der Waals surface area contributed by atoms with Gasteiger partial charge in [-0.1, -0.05) is 0 Å². The van der Waals surface area contributed by atoms with Crippen LogP contribution in [0.15, 0.2) is 18.2 Å². The third-order valence-electron chi connectivity index (χ3n) is 1.55. The average Bonchev–Trinajstić information content (AvgIpc) is 2.27. The van der Waals surface area contributed by atoms with E-state index < -0.39 is 5.09 Å². The van der Waals surface area contributed by atoms with E-state index in [0.29, 0.717) is 11.5 Å². The molecule has 90 valence electrons. The van der Waals surface area contributed by atoms with Crippen LogP contribution in [-0.4, -0.2) is 24.5 Å². The van der Waals surface area contributed by atoms with E-state index in [9.17, 15) is 0 Å². The highest BCUT2D eigenvalue weighted by Crippen LogP contribution is 2.29. The maximum absolute atomic E-state index is 8.36. The van der Waals surface area contributed by atoms with Crippen LogP contribution >= 0.6 is 0 Å². The third kappa shape index (κ3) is 4.86. The second kappa shape index (κ2) is 7.12. The minimum atomic E-state index is -1.50. The third-order valence-corrected chi connectivity index (χ3v) is 1.55. The molecule has 8 heteroatoms. The topological polar surface area (TPSA) is 120 Å². The van der Waals surface area contributed by atoms with E-state index in [-0.39, 0.29) is 0 Å². The fourth-order valence-corrected chi connectivity index (χ4v) is 0.926. The van der Waals surface area contributed by atoms with Crippen LogP contribution in [0.1, 0.15) is 0 Å². The Morgan fingerprint density at radius 1 is 1.38 bits per heavy atom. The van der Waals surface area contributed by atoms with Gasteiger partial charge in [0.2, 0.25) is 0 Å². The number of hydrogen-bond donors (Lipinski definition) is 3. The van der Waals surface area contributed by atoms with E-state index in [1.807, 2.05) is 0 Å². The van der Waals surface area contributed by atoms with Gasteiger partial charge in [-0.05, 0) is 12.1 Å². The molecule has 0 bridgehead atoms. The number of benzene rings is 1. The van der Waals surface area contributed by atoms with Gasteiger partial charge >= 0.3 is 0 Å². The number of nitrogens with zero attached hydrogens (tertiary/aromatic N) is 1. The Hall–Kier alpha value is -2.22. The predicted octanol–water partition coefficient (Wildman–Crippen LogP) is 0.642. The number of hydrogen-bond acceptors (Lipinski definition) is 6. The lowest BCUT2D eigenvalue weighted by Gasteiger charge is -2.08. The van der Waals surface area contributed by atoms with E-state index in [1.165, 1.54) is 0 Å². The lowest BCUT2D eigenvalue weighted by atomic mass is 10.3. The summed E-state index contributed by atoms with van der Waals surface area (Å²) in [6.45, 7) is 0. The van der Waals surface area contributed by atoms with Crippen LogP contribution in [0.2, 0.25) is 0 Å². The minimum absolute atomic E-state index is 0.660. The zero-order chi connectivity index (χ0) is 12.6. The van der Waals surface area contributed by atoms with Crippen LogP contribution in [0.4, 0.5) is 5.69 Å². The molecule has 0 saturated heterocycles. The van der Waals surface area contributed by atoms with E-state index >= 15 is 0 Å². The van der Waals surface area contributed by atoms with Crippen molar-refractivity contribution in [3.63, 3.8) is 0 Å². The maximum atomic E-state index is 8.36. The van der Waals surface area contributed by atoms with Gasteiger partial charge in [0.05, 0.1) is 19.9 Å². The smallest absolute Gasteiger partial charge is 0.291 e. The number of rotatable bonds is 3. The maximum Gasteiger partial charge on any atom is 0.291 e. The van der Waals surface area contributed by atoms with E-state index in [0.717, 1.165) is 5.69 Å². The largest absolute Gasteiger partial charge is 0.493 e. The number of ether oxygens (including phenoxy) is 2. The Bertz CT molecular complexity index is 340. The summed E-state index contributed by atoms with van der Waals surface area (Å²) in [4.78, 5) is 8.36. The Morgan fingerprint density at radius 3 is 2.25 bits per heavy atom. The molecule has 0 amide bonds. The van der Waals surface area contributed by atoms with Crippen molar-refractivity contribution in [3.8, 4) is 11.5 Å². The number of methoxy groups -OCH3 is 2. The Morgan fingerprint density at radius 2 is 1.88 bits per heavy atom. The number of nitrogen functional groups attached to an aromatic ring is 1. The molecule has 8 nitrogen and oxygen atoms in total. The van der Waals surface area contributed by atoms with Gasteiger partial charge in [-0.3, -0.25) is 5.84 Å². The van der Waals surface area contributed by atoms with Crippen LogP contribution in [0.3, 0.4) is 0 Å². The first-order valence-corrected chi connectivity index (χ1v) is 4.07. The molecule has 0 aliphatic carbocycles. The van der Waals surface area contributed by atoms with Gasteiger partial charge in [0.1, 0.15) is 0 Å². The van der Waals surface area contributed by atoms with Gasteiger partial charge in [-0.15, -0.1) is 10.1 Å². The average molecular weight is 231 g/mol. The van der Waals surface area contributed by atoms with E-state index in [4.69, 9.17) is 30.6 Å². The summed E-state index contributed by atoms with van der Waals surface area (Å²) in [5.74, 6) is 6.57. The first kappa shape index (κ1) is 13.8. The zero-order valence-electron chi connectivity index (χ0n) is 8.84. The number of nitrogens with two attached hydrogens (primary N) is 1. The summed E-state index contributed by atoms with van der Waals surface area (Å²) in [6, 6.07) is 5.36. The van der Waals surface area contributed by atoms with Crippen LogP contribution in [-0.2, 0) is 0 Å². The summed E-state index contributed by atoms with van der Waals surface area (Å²) in [5, 5.41) is 13.6. The monoisotopic (exact) mass is 231 g/mol. The Labute approximate surface area is 91.7 Å². The van der Waals surface area contributed by atoms with Crippen molar-refractivity contribution >= 4 is 5.69 Å². The van der Waals surface area contributed by atoms with Crippen molar-refractivity contribution in [2.75, 3.05) is 19.6 Å². The Kier molecular flexibility index (Phi) is 6.13. The molecule has 0 aliphatic heterocycles. The lowest BCUT2D eigenvalue weighted by Crippen LogP contribution is -2.06. The van der Waals surface area contributed by atoms with Crippen molar-refractivity contribution in [3.05, 3.63) is 28.3 Å². The SMILES string of the molecule is COc1ccc(NN)cc1OC.O=[N+]([O-])O. The molecule has 0 spiro atoms. The fourth-order valence-electron chi connectivity index (χ4n) is 0.926. The van der Waals surface area contributed by atoms with Crippen molar-refractivity contribution in [2.24, 2.45) is 5.84 Å². The van der Waals surface area contributed by atoms with Gasteiger partial charge in [-0.25, -0.2) is 0 Å². The van der Waals surface area contributed by atoms with E-state index in [2.05, 4.69) is 5.43 Å². The molecule has 16 heavy (non-hydrogen) atoms. The molecule has 0 aromatic heterocycles. The normalized spacial score (nSPS) is 8.44. The molecule has 0 atom stereocenters. The van der Waals surface area contributed by atoms with Gasteiger partial charge in [0.25, 0.3) is 5.09 Å². The van der Waals surface area contributed by atoms with Gasteiger partial charge in [-0.2, -0.15) is 0 Å². The van der Waals surface area contributed by atoms with Crippen LogP contribution in [0.5, 0.6) is 11.5 Å².